The van der Waals surface area contributed by atoms with Gasteiger partial charge in [-0.15, -0.1) is 0 Å². The number of aliphatic hydroxyl groups is 1. The molecule has 0 aliphatic carbocycles. The second-order valence-electron chi connectivity index (χ2n) is 3.82. The van der Waals surface area contributed by atoms with Gasteiger partial charge in [-0.2, -0.15) is 0 Å². The first-order valence-corrected chi connectivity index (χ1v) is 7.64. The van der Waals surface area contributed by atoms with Crippen LogP contribution in [0.4, 0.5) is 0 Å². The molecule has 0 saturated heterocycles. The van der Waals surface area contributed by atoms with Crippen LogP contribution in [-0.4, -0.2) is 25.4 Å². The lowest BCUT2D eigenvalue weighted by Gasteiger charge is -2.07. The van der Waals surface area contributed by atoms with Crippen LogP contribution in [-0.2, 0) is 15.6 Å². The Morgan fingerprint density at radius 3 is 2.56 bits per heavy atom. The molecule has 0 saturated carbocycles. The molecule has 1 N–H and O–H groups in total. The molecule has 5 heteroatoms. The summed E-state index contributed by atoms with van der Waals surface area (Å²) in [5, 5.41) is 9.06. The van der Waals surface area contributed by atoms with Crippen LogP contribution in [0.25, 0.3) is 0 Å². The second-order valence-corrected chi connectivity index (χ2v) is 6.86. The summed E-state index contributed by atoms with van der Waals surface area (Å²) in [7, 11) is -3.14. The number of halogens is 1. The van der Waals surface area contributed by atoms with Crippen molar-refractivity contribution in [2.45, 2.75) is 25.2 Å². The molecule has 1 atom stereocenters. The van der Waals surface area contributed by atoms with Crippen LogP contribution in [0.5, 0.6) is 0 Å². The Balaban J connectivity index is 2.70. The normalized spacial score (nSPS) is 13.7. The van der Waals surface area contributed by atoms with Gasteiger partial charge in [0.05, 0.1) is 17.6 Å². The molecule has 0 aliphatic rings. The Bertz CT molecular complexity index is 440. The highest BCUT2D eigenvalue weighted by atomic mass is 79.9. The third kappa shape index (κ3) is 4.63. The third-order valence-electron chi connectivity index (χ3n) is 2.18. The van der Waals surface area contributed by atoms with Gasteiger partial charge in [0.2, 0.25) is 0 Å². The molecule has 0 spiro atoms. The Labute approximate surface area is 105 Å². The van der Waals surface area contributed by atoms with E-state index in [1.807, 2.05) is 18.2 Å². The summed E-state index contributed by atoms with van der Waals surface area (Å²) in [6, 6.07) is 7.25. The van der Waals surface area contributed by atoms with Gasteiger partial charge in [-0.25, -0.2) is 8.42 Å². The quantitative estimate of drug-likeness (QED) is 0.907. The first-order chi connectivity index (χ1) is 7.41. The summed E-state index contributed by atoms with van der Waals surface area (Å²) in [6.45, 7) is 1.59. The molecule has 0 heterocycles. The van der Waals surface area contributed by atoms with Crippen molar-refractivity contribution in [3.8, 4) is 0 Å². The van der Waals surface area contributed by atoms with E-state index in [4.69, 9.17) is 5.11 Å². The van der Waals surface area contributed by atoms with Crippen molar-refractivity contribution < 1.29 is 13.5 Å². The summed E-state index contributed by atoms with van der Waals surface area (Å²) in [5.74, 6) is 0.0349. The molecule has 0 aromatic heterocycles. The van der Waals surface area contributed by atoms with Gasteiger partial charge < -0.3 is 5.11 Å². The van der Waals surface area contributed by atoms with E-state index in [2.05, 4.69) is 15.9 Å². The van der Waals surface area contributed by atoms with E-state index >= 15 is 0 Å². The maximum absolute atomic E-state index is 11.7. The van der Waals surface area contributed by atoms with Crippen molar-refractivity contribution in [2.24, 2.45) is 0 Å². The van der Waals surface area contributed by atoms with Crippen LogP contribution < -0.4 is 0 Å². The summed E-state index contributed by atoms with van der Waals surface area (Å²) < 4.78 is 24.3. The summed E-state index contributed by atoms with van der Waals surface area (Å²) in [4.78, 5) is 0. The van der Waals surface area contributed by atoms with Crippen LogP contribution in [0, 0.1) is 0 Å². The molecule has 1 aromatic rings. The molecule has 3 nitrogen and oxygen atoms in total. The fourth-order valence-electron chi connectivity index (χ4n) is 1.27. The zero-order valence-corrected chi connectivity index (χ0v) is 11.5. The highest BCUT2D eigenvalue weighted by Gasteiger charge is 2.14. The van der Waals surface area contributed by atoms with Crippen molar-refractivity contribution in [3.63, 3.8) is 0 Å². The monoisotopic (exact) mass is 306 g/mol. The number of rotatable bonds is 5. The lowest BCUT2D eigenvalue weighted by atomic mass is 10.2. The van der Waals surface area contributed by atoms with Crippen molar-refractivity contribution in [1.82, 2.24) is 0 Å². The molecule has 0 fully saturated rings. The minimum absolute atomic E-state index is 0.0150. The van der Waals surface area contributed by atoms with E-state index in [0.29, 0.717) is 0 Å². The smallest absolute Gasteiger partial charge is 0.154 e. The fourth-order valence-corrected chi connectivity index (χ4v) is 3.46. The van der Waals surface area contributed by atoms with Crippen molar-refractivity contribution >= 4 is 25.8 Å². The number of aliphatic hydroxyl groups excluding tert-OH is 1. The summed E-state index contributed by atoms with van der Waals surface area (Å²) in [6.07, 6.45) is -0.291. The van der Waals surface area contributed by atoms with Gasteiger partial charge in [-0.3, -0.25) is 0 Å². The predicted molar refractivity (Wildman–Crippen MR) is 67.9 cm³/mol. The zero-order chi connectivity index (χ0) is 12.2. The molecule has 0 bridgehead atoms. The standard InChI is InChI=1S/C11H15BrO3S/c1-9(13)6-7-16(14,15)8-10-4-2-3-5-11(10)12/h2-5,9,13H,6-8H2,1H3/t9-/m0/s1. The van der Waals surface area contributed by atoms with E-state index in [0.717, 1.165) is 10.0 Å². The molecule has 16 heavy (non-hydrogen) atoms. The average molecular weight is 307 g/mol. The Kier molecular flexibility index (Phi) is 4.95. The minimum Gasteiger partial charge on any atom is -0.393 e. The van der Waals surface area contributed by atoms with Gasteiger partial charge in [-0.05, 0) is 25.0 Å². The van der Waals surface area contributed by atoms with Crippen LogP contribution in [0.2, 0.25) is 0 Å². The lowest BCUT2D eigenvalue weighted by Crippen LogP contribution is -2.14. The maximum atomic E-state index is 11.7. The molecule has 0 radical (unpaired) electrons. The van der Waals surface area contributed by atoms with Gasteiger partial charge >= 0.3 is 0 Å². The number of benzene rings is 1. The van der Waals surface area contributed by atoms with E-state index in [-0.39, 0.29) is 17.9 Å². The Morgan fingerprint density at radius 2 is 2.00 bits per heavy atom. The second kappa shape index (κ2) is 5.80. The first-order valence-electron chi connectivity index (χ1n) is 5.02. The largest absolute Gasteiger partial charge is 0.393 e. The van der Waals surface area contributed by atoms with Crippen LogP contribution in [0.3, 0.4) is 0 Å². The molecular weight excluding hydrogens is 292 g/mol. The molecule has 0 unspecified atom stereocenters. The molecule has 90 valence electrons. The molecule has 1 rings (SSSR count). The van der Waals surface area contributed by atoms with E-state index < -0.39 is 15.9 Å². The Hall–Kier alpha value is -0.390. The fraction of sp³-hybridized carbons (Fsp3) is 0.455. The van der Waals surface area contributed by atoms with Crippen LogP contribution in [0.1, 0.15) is 18.9 Å². The SMILES string of the molecule is C[C@H](O)CCS(=O)(=O)Cc1ccccc1Br. The highest BCUT2D eigenvalue weighted by Crippen LogP contribution is 2.19. The molecule has 1 aromatic carbocycles. The predicted octanol–water partition coefficient (Wildman–Crippen LogP) is 2.13. The number of hydrogen-bond acceptors (Lipinski definition) is 3. The highest BCUT2D eigenvalue weighted by molar-refractivity contribution is 9.10. The van der Waals surface area contributed by atoms with Gasteiger partial charge in [-0.1, -0.05) is 34.1 Å². The van der Waals surface area contributed by atoms with Gasteiger partial charge in [0.25, 0.3) is 0 Å². The van der Waals surface area contributed by atoms with Crippen molar-refractivity contribution in [2.75, 3.05) is 5.75 Å². The minimum atomic E-state index is -3.14. The van der Waals surface area contributed by atoms with Crippen LogP contribution in [0.15, 0.2) is 28.7 Å². The maximum Gasteiger partial charge on any atom is 0.154 e. The molecular formula is C11H15BrO3S. The first kappa shape index (κ1) is 13.7. The van der Waals surface area contributed by atoms with Crippen molar-refractivity contribution in [1.29, 1.82) is 0 Å². The molecule has 0 amide bonds. The summed E-state index contributed by atoms with van der Waals surface area (Å²) in [5.41, 5.74) is 0.757. The third-order valence-corrected chi connectivity index (χ3v) is 4.56. The van der Waals surface area contributed by atoms with E-state index in [9.17, 15) is 8.42 Å². The Morgan fingerprint density at radius 1 is 1.38 bits per heavy atom. The van der Waals surface area contributed by atoms with E-state index in [1.54, 1.807) is 13.0 Å². The van der Waals surface area contributed by atoms with Gasteiger partial charge in [0.1, 0.15) is 0 Å². The number of sulfone groups is 1. The van der Waals surface area contributed by atoms with E-state index in [1.165, 1.54) is 0 Å². The van der Waals surface area contributed by atoms with Crippen molar-refractivity contribution in [3.05, 3.63) is 34.3 Å². The van der Waals surface area contributed by atoms with Crippen LogP contribution >= 0.6 is 15.9 Å². The zero-order valence-electron chi connectivity index (χ0n) is 9.06. The van der Waals surface area contributed by atoms with Gasteiger partial charge in [0, 0.05) is 4.47 Å². The van der Waals surface area contributed by atoms with Gasteiger partial charge in [0.15, 0.2) is 9.84 Å². The number of hydrogen-bond donors (Lipinski definition) is 1. The average Bonchev–Trinajstić information content (AvgIpc) is 2.19. The molecule has 0 aliphatic heterocycles. The topological polar surface area (TPSA) is 54.4 Å². The lowest BCUT2D eigenvalue weighted by molar-refractivity contribution is 0.191. The summed E-state index contributed by atoms with van der Waals surface area (Å²) >= 11 is 3.32.